The second-order valence-electron chi connectivity index (χ2n) is 5.96. The van der Waals surface area contributed by atoms with Gasteiger partial charge < -0.3 is 5.73 Å². The minimum absolute atomic E-state index is 0.0691. The summed E-state index contributed by atoms with van der Waals surface area (Å²) in [6.07, 6.45) is 0.560. The lowest BCUT2D eigenvalue weighted by Gasteiger charge is -2.29. The highest BCUT2D eigenvalue weighted by Crippen LogP contribution is 2.21. The molecule has 0 amide bonds. The molecule has 2 N–H and O–H groups in total. The molecule has 1 saturated heterocycles. The van der Waals surface area contributed by atoms with Crippen molar-refractivity contribution in [2.75, 3.05) is 36.9 Å². The van der Waals surface area contributed by atoms with Gasteiger partial charge in [0.25, 0.3) is 0 Å². The molecule has 1 aliphatic rings. The highest BCUT2D eigenvalue weighted by Gasteiger charge is 2.35. The average molecular weight is 366 g/mol. The van der Waals surface area contributed by atoms with Gasteiger partial charge in [-0.15, -0.1) is 5.01 Å². The molecule has 1 fully saturated rings. The number of hydrogen-bond donors (Lipinski definition) is 1. The van der Waals surface area contributed by atoms with Crippen molar-refractivity contribution in [1.82, 2.24) is 9.58 Å². The molecule has 0 atom stereocenters. The number of piperazine rings is 1. The monoisotopic (exact) mass is 366 g/mol. The number of rotatable bonds is 4. The zero-order valence-electron chi connectivity index (χ0n) is 14.0. The molecule has 1 aromatic heterocycles. The first-order valence-corrected chi connectivity index (χ1v) is 9.24. The number of aryl methyl sites for hydroxylation is 2. The van der Waals surface area contributed by atoms with Crippen molar-refractivity contribution in [3.63, 3.8) is 0 Å². The normalized spacial score (nSPS) is 16.2. The number of hydrogen-bond acceptors (Lipinski definition) is 7. The Hall–Kier alpha value is -2.46. The third-order valence-corrected chi connectivity index (χ3v) is 6.29. The molecule has 1 aromatic carbocycles. The molecule has 25 heavy (non-hydrogen) atoms. The highest BCUT2D eigenvalue weighted by atomic mass is 32.2. The van der Waals surface area contributed by atoms with Crippen LogP contribution in [0.3, 0.4) is 0 Å². The highest BCUT2D eigenvalue weighted by molar-refractivity contribution is 7.89. The van der Waals surface area contributed by atoms with Crippen LogP contribution in [-0.4, -0.2) is 50.5 Å². The summed E-state index contributed by atoms with van der Waals surface area (Å²) in [6.45, 7) is 4.98. The molecule has 9 nitrogen and oxygen atoms in total. The lowest BCUT2D eigenvalue weighted by Crippen LogP contribution is -2.67. The van der Waals surface area contributed by atoms with E-state index in [0.29, 0.717) is 24.3 Å². The van der Waals surface area contributed by atoms with Gasteiger partial charge in [-0.1, -0.05) is 17.7 Å². The molecule has 2 aromatic rings. The van der Waals surface area contributed by atoms with Gasteiger partial charge >= 0.3 is 11.6 Å². The molecule has 1 aliphatic heterocycles. The fourth-order valence-corrected chi connectivity index (χ4v) is 4.54. The van der Waals surface area contributed by atoms with Crippen LogP contribution in [0.25, 0.3) is 0 Å². The van der Waals surface area contributed by atoms with Gasteiger partial charge in [0.1, 0.15) is 0 Å². The number of anilines is 1. The number of aldehydes is 1. The first kappa shape index (κ1) is 17.4. The molecular formula is C15H20N5O4S+. The van der Waals surface area contributed by atoms with Crippen LogP contribution in [0.2, 0.25) is 0 Å². The molecule has 0 unspecified atom stereocenters. The quantitative estimate of drug-likeness (QED) is 0.579. The van der Waals surface area contributed by atoms with E-state index in [9.17, 15) is 13.2 Å². The first-order chi connectivity index (χ1) is 11.8. The van der Waals surface area contributed by atoms with Crippen molar-refractivity contribution in [3.05, 3.63) is 35.0 Å². The molecule has 0 aliphatic carbocycles. The SMILES string of the molecule is Cc1ccc(S(=O)(=O)N2CCN([n+]3noc(N)c3C=O)CC2)c(C)c1. The van der Waals surface area contributed by atoms with E-state index in [1.54, 1.807) is 24.1 Å². The maximum Gasteiger partial charge on any atom is 0.370 e. The minimum Gasteiger partial charge on any atom is -0.361 e. The minimum atomic E-state index is -3.57. The lowest BCUT2D eigenvalue weighted by molar-refractivity contribution is -0.760. The summed E-state index contributed by atoms with van der Waals surface area (Å²) < 4.78 is 32.0. The Morgan fingerprint density at radius 2 is 1.92 bits per heavy atom. The Kier molecular flexibility index (Phi) is 4.48. The third kappa shape index (κ3) is 3.10. The van der Waals surface area contributed by atoms with E-state index in [2.05, 4.69) is 5.27 Å². The van der Waals surface area contributed by atoms with E-state index >= 15 is 0 Å². The summed E-state index contributed by atoms with van der Waals surface area (Å²) in [7, 11) is -3.57. The summed E-state index contributed by atoms with van der Waals surface area (Å²) in [4.78, 5) is 12.7. The van der Waals surface area contributed by atoms with E-state index in [1.807, 2.05) is 13.0 Å². The Morgan fingerprint density at radius 3 is 2.52 bits per heavy atom. The van der Waals surface area contributed by atoms with E-state index < -0.39 is 10.0 Å². The molecule has 0 spiro atoms. The van der Waals surface area contributed by atoms with Crippen LogP contribution in [-0.2, 0) is 10.0 Å². The van der Waals surface area contributed by atoms with Crippen LogP contribution in [0, 0.1) is 13.8 Å². The summed E-state index contributed by atoms with van der Waals surface area (Å²) in [5.74, 6) is -0.0691. The van der Waals surface area contributed by atoms with E-state index in [-0.39, 0.29) is 24.7 Å². The maximum absolute atomic E-state index is 12.9. The number of carbonyl (C=O) groups excluding carboxylic acids is 1. The van der Waals surface area contributed by atoms with Crippen molar-refractivity contribution in [1.29, 1.82) is 0 Å². The second-order valence-corrected chi connectivity index (χ2v) is 7.86. The number of nitrogens with two attached hydrogens (primary N) is 1. The molecule has 10 heteroatoms. The number of carbonyl (C=O) groups is 1. The van der Waals surface area contributed by atoms with Crippen molar-refractivity contribution >= 4 is 22.2 Å². The first-order valence-electron chi connectivity index (χ1n) is 7.80. The topological polar surface area (TPSA) is 114 Å². The van der Waals surface area contributed by atoms with Crippen LogP contribution in [0.1, 0.15) is 21.6 Å². The van der Waals surface area contributed by atoms with Gasteiger partial charge in [0.2, 0.25) is 21.6 Å². The third-order valence-electron chi connectivity index (χ3n) is 4.23. The van der Waals surface area contributed by atoms with Gasteiger partial charge in [0.15, 0.2) is 0 Å². The van der Waals surface area contributed by atoms with Crippen LogP contribution in [0.4, 0.5) is 5.88 Å². The number of nitrogen functional groups attached to an aromatic ring is 1. The van der Waals surface area contributed by atoms with Crippen LogP contribution >= 0.6 is 0 Å². The van der Waals surface area contributed by atoms with Gasteiger partial charge in [-0.2, -0.15) is 4.31 Å². The zero-order chi connectivity index (χ0) is 18.2. The summed E-state index contributed by atoms with van der Waals surface area (Å²) >= 11 is 0. The van der Waals surface area contributed by atoms with Crippen molar-refractivity contribution in [2.24, 2.45) is 0 Å². The zero-order valence-corrected chi connectivity index (χ0v) is 14.9. The Bertz CT molecular complexity index is 901. The smallest absolute Gasteiger partial charge is 0.361 e. The van der Waals surface area contributed by atoms with Crippen molar-refractivity contribution in [3.8, 4) is 0 Å². The molecular weight excluding hydrogens is 346 g/mol. The molecule has 0 radical (unpaired) electrons. The number of benzene rings is 1. The number of aromatic nitrogens is 2. The molecule has 3 rings (SSSR count). The fraction of sp³-hybridized carbons (Fsp3) is 0.400. The fourth-order valence-electron chi connectivity index (χ4n) is 2.92. The largest absolute Gasteiger partial charge is 0.370 e. The Balaban J connectivity index is 1.78. The molecule has 134 valence electrons. The van der Waals surface area contributed by atoms with E-state index in [1.165, 1.54) is 9.10 Å². The van der Waals surface area contributed by atoms with Crippen molar-refractivity contribution < 1.29 is 22.5 Å². The summed E-state index contributed by atoms with van der Waals surface area (Å²) in [5.41, 5.74) is 7.40. The van der Waals surface area contributed by atoms with Crippen LogP contribution in [0.15, 0.2) is 27.6 Å². The predicted octanol–water partition coefficient (Wildman–Crippen LogP) is -0.384. The number of sulfonamides is 1. The summed E-state index contributed by atoms with van der Waals surface area (Å²) in [6, 6.07) is 5.29. The Morgan fingerprint density at radius 1 is 1.24 bits per heavy atom. The molecule has 0 bridgehead atoms. The van der Waals surface area contributed by atoms with E-state index in [4.69, 9.17) is 10.3 Å². The second kappa shape index (κ2) is 6.45. The lowest BCUT2D eigenvalue weighted by atomic mass is 10.2. The molecule has 2 heterocycles. The number of nitrogens with zero attached hydrogens (tertiary/aromatic N) is 4. The van der Waals surface area contributed by atoms with Gasteiger partial charge in [0, 0.05) is 13.1 Å². The van der Waals surface area contributed by atoms with Gasteiger partial charge in [-0.3, -0.25) is 9.32 Å². The van der Waals surface area contributed by atoms with Crippen LogP contribution < -0.4 is 15.5 Å². The standard InChI is InChI=1S/C15H19N5O4S/c1-11-3-4-14(12(2)9-11)25(22,23)19-7-5-18(6-8-19)20-13(10-21)15(16)24-17-20/h3-4,9-10H,5-8H2,1-2H3,(H-,16,17,21)/p+1. The van der Waals surface area contributed by atoms with Gasteiger partial charge in [-0.05, 0) is 25.5 Å². The summed E-state index contributed by atoms with van der Waals surface area (Å²) in [5, 5.41) is 5.44. The van der Waals surface area contributed by atoms with Gasteiger partial charge in [0.05, 0.1) is 22.8 Å². The van der Waals surface area contributed by atoms with Crippen molar-refractivity contribution in [2.45, 2.75) is 18.7 Å². The van der Waals surface area contributed by atoms with E-state index in [0.717, 1.165) is 11.1 Å². The molecule has 0 saturated carbocycles. The average Bonchev–Trinajstić information content (AvgIpc) is 2.95. The van der Waals surface area contributed by atoms with Crippen LogP contribution in [0.5, 0.6) is 0 Å². The maximum atomic E-state index is 12.9. The van der Waals surface area contributed by atoms with Gasteiger partial charge in [-0.25, -0.2) is 8.42 Å². The predicted molar refractivity (Wildman–Crippen MR) is 89.1 cm³/mol. The Labute approximate surface area is 145 Å².